The van der Waals surface area contributed by atoms with Crippen molar-refractivity contribution < 1.29 is 5.11 Å². The number of aromatic nitrogens is 4. The monoisotopic (exact) mass is 268 g/mol. The zero-order valence-corrected chi connectivity index (χ0v) is 11.5. The van der Waals surface area contributed by atoms with Crippen molar-refractivity contribution in [3.05, 3.63) is 34.4 Å². The first-order valence-electron chi connectivity index (χ1n) is 5.92. The van der Waals surface area contributed by atoms with Crippen molar-refractivity contribution in [1.82, 2.24) is 19.6 Å². The fourth-order valence-electron chi connectivity index (χ4n) is 2.09. The van der Waals surface area contributed by atoms with Crippen LogP contribution >= 0.6 is 11.6 Å². The first kappa shape index (κ1) is 13.1. The Bertz CT molecular complexity index is 546. The van der Waals surface area contributed by atoms with Crippen LogP contribution in [0.1, 0.15) is 30.0 Å². The molecule has 98 valence electrons. The Balaban J connectivity index is 2.24. The Morgan fingerprint density at radius 2 is 2.22 bits per heavy atom. The van der Waals surface area contributed by atoms with Gasteiger partial charge in [0.1, 0.15) is 5.15 Å². The van der Waals surface area contributed by atoms with Crippen molar-refractivity contribution in [3.63, 3.8) is 0 Å². The fourth-order valence-corrected chi connectivity index (χ4v) is 2.35. The minimum Gasteiger partial charge on any atom is -0.386 e. The third-order valence-corrected chi connectivity index (χ3v) is 3.53. The minimum atomic E-state index is -0.618. The van der Waals surface area contributed by atoms with Gasteiger partial charge in [-0.1, -0.05) is 11.6 Å². The average Bonchev–Trinajstić information content (AvgIpc) is 2.90. The molecule has 2 aromatic rings. The number of halogens is 1. The van der Waals surface area contributed by atoms with E-state index in [1.54, 1.807) is 22.6 Å². The number of nitrogens with zero attached hydrogens (tertiary/aromatic N) is 4. The van der Waals surface area contributed by atoms with Crippen molar-refractivity contribution in [2.75, 3.05) is 0 Å². The Morgan fingerprint density at radius 1 is 1.50 bits per heavy atom. The van der Waals surface area contributed by atoms with E-state index in [0.29, 0.717) is 11.6 Å². The lowest BCUT2D eigenvalue weighted by Gasteiger charge is -2.12. The highest BCUT2D eigenvalue weighted by Crippen LogP contribution is 2.25. The summed E-state index contributed by atoms with van der Waals surface area (Å²) in [5.41, 5.74) is 2.54. The molecule has 2 rings (SSSR count). The van der Waals surface area contributed by atoms with E-state index in [2.05, 4.69) is 10.2 Å². The van der Waals surface area contributed by atoms with E-state index >= 15 is 0 Å². The summed E-state index contributed by atoms with van der Waals surface area (Å²) in [5, 5.41) is 19.2. The molecule has 1 atom stereocenters. The highest BCUT2D eigenvalue weighted by atomic mass is 35.5. The van der Waals surface area contributed by atoms with Crippen molar-refractivity contribution in [3.8, 4) is 0 Å². The Kier molecular flexibility index (Phi) is 3.73. The topological polar surface area (TPSA) is 55.9 Å². The van der Waals surface area contributed by atoms with Gasteiger partial charge in [-0.3, -0.25) is 9.36 Å². The van der Waals surface area contributed by atoms with Crippen LogP contribution in [0, 0.1) is 6.92 Å². The standard InChI is InChI=1S/C12H17ClN4O/c1-4-17-10(5-6-14-17)11(18)7-9-8(2)15-16(3)12(9)13/h5-6,11,18H,4,7H2,1-3H3. The molecule has 2 aromatic heterocycles. The van der Waals surface area contributed by atoms with Crippen molar-refractivity contribution >= 4 is 11.6 Å². The average molecular weight is 269 g/mol. The van der Waals surface area contributed by atoms with E-state index < -0.39 is 6.10 Å². The molecule has 1 unspecified atom stereocenters. The molecule has 6 heteroatoms. The largest absolute Gasteiger partial charge is 0.386 e. The molecule has 0 aliphatic carbocycles. The van der Waals surface area contributed by atoms with Crippen LogP contribution in [0.15, 0.2) is 12.3 Å². The van der Waals surface area contributed by atoms with Crippen molar-refractivity contribution in [2.45, 2.75) is 32.9 Å². The summed E-state index contributed by atoms with van der Waals surface area (Å²) in [6, 6.07) is 1.83. The Morgan fingerprint density at radius 3 is 2.78 bits per heavy atom. The molecule has 0 radical (unpaired) electrons. The fraction of sp³-hybridized carbons (Fsp3) is 0.500. The van der Waals surface area contributed by atoms with Gasteiger partial charge in [0.15, 0.2) is 0 Å². The predicted molar refractivity (Wildman–Crippen MR) is 69.5 cm³/mol. The number of rotatable bonds is 4. The lowest BCUT2D eigenvalue weighted by atomic mass is 10.1. The summed E-state index contributed by atoms with van der Waals surface area (Å²) in [4.78, 5) is 0. The van der Waals surface area contributed by atoms with Crippen LogP contribution in [0.2, 0.25) is 5.15 Å². The van der Waals surface area contributed by atoms with Gasteiger partial charge in [-0.25, -0.2) is 0 Å². The van der Waals surface area contributed by atoms with Gasteiger partial charge in [-0.15, -0.1) is 0 Å². The molecule has 0 saturated heterocycles. The number of aliphatic hydroxyl groups is 1. The second kappa shape index (κ2) is 5.12. The van der Waals surface area contributed by atoms with Crippen LogP contribution in [-0.2, 0) is 20.0 Å². The van der Waals surface area contributed by atoms with E-state index in [1.165, 1.54) is 0 Å². The van der Waals surface area contributed by atoms with Crippen molar-refractivity contribution in [2.24, 2.45) is 7.05 Å². The molecule has 0 saturated carbocycles. The van der Waals surface area contributed by atoms with Crippen LogP contribution in [0.5, 0.6) is 0 Å². The van der Waals surface area contributed by atoms with E-state index in [-0.39, 0.29) is 0 Å². The molecule has 18 heavy (non-hydrogen) atoms. The Hall–Kier alpha value is -1.33. The third kappa shape index (κ3) is 2.28. The maximum atomic E-state index is 10.3. The molecule has 0 fully saturated rings. The van der Waals surface area contributed by atoms with Gasteiger partial charge in [0, 0.05) is 31.8 Å². The smallest absolute Gasteiger partial charge is 0.130 e. The normalized spacial score (nSPS) is 12.9. The molecule has 0 spiro atoms. The van der Waals surface area contributed by atoms with Crippen LogP contribution in [0.25, 0.3) is 0 Å². The molecule has 0 aromatic carbocycles. The van der Waals surface area contributed by atoms with Gasteiger partial charge in [0.05, 0.1) is 17.5 Å². The zero-order valence-electron chi connectivity index (χ0n) is 10.8. The maximum Gasteiger partial charge on any atom is 0.130 e. The van der Waals surface area contributed by atoms with E-state index in [9.17, 15) is 5.11 Å². The predicted octanol–water partition coefficient (Wildman–Crippen LogP) is 1.87. The lowest BCUT2D eigenvalue weighted by molar-refractivity contribution is 0.167. The summed E-state index contributed by atoms with van der Waals surface area (Å²) in [6.45, 7) is 4.62. The molecule has 0 aliphatic heterocycles. The minimum absolute atomic E-state index is 0.449. The summed E-state index contributed by atoms with van der Waals surface area (Å²) < 4.78 is 3.40. The second-order valence-electron chi connectivity index (χ2n) is 4.27. The van der Waals surface area contributed by atoms with E-state index in [0.717, 1.165) is 23.5 Å². The first-order valence-corrected chi connectivity index (χ1v) is 6.30. The number of aryl methyl sites for hydroxylation is 3. The molecule has 1 N–H and O–H groups in total. The molecule has 5 nitrogen and oxygen atoms in total. The molecule has 0 bridgehead atoms. The van der Waals surface area contributed by atoms with Crippen molar-refractivity contribution in [1.29, 1.82) is 0 Å². The lowest BCUT2D eigenvalue weighted by Crippen LogP contribution is -2.10. The molecule has 0 aliphatic rings. The van der Waals surface area contributed by atoms with Crippen LogP contribution < -0.4 is 0 Å². The second-order valence-corrected chi connectivity index (χ2v) is 4.63. The van der Waals surface area contributed by atoms with E-state index in [1.807, 2.05) is 19.9 Å². The molecule has 0 amide bonds. The highest BCUT2D eigenvalue weighted by molar-refractivity contribution is 6.30. The van der Waals surface area contributed by atoms with Crippen LogP contribution in [0.3, 0.4) is 0 Å². The first-order chi connectivity index (χ1) is 8.54. The molecular weight excluding hydrogens is 252 g/mol. The maximum absolute atomic E-state index is 10.3. The quantitative estimate of drug-likeness (QED) is 0.921. The molecule has 2 heterocycles. The van der Waals surface area contributed by atoms with Gasteiger partial charge < -0.3 is 5.11 Å². The van der Waals surface area contributed by atoms with Gasteiger partial charge in [0.25, 0.3) is 0 Å². The van der Waals surface area contributed by atoms with Gasteiger partial charge in [-0.05, 0) is 19.9 Å². The number of hydrogen-bond acceptors (Lipinski definition) is 3. The number of hydrogen-bond donors (Lipinski definition) is 1. The van der Waals surface area contributed by atoms with Crippen LogP contribution in [-0.4, -0.2) is 24.7 Å². The Labute approximate surface area is 111 Å². The van der Waals surface area contributed by atoms with Gasteiger partial charge in [-0.2, -0.15) is 10.2 Å². The van der Waals surface area contributed by atoms with Crippen LogP contribution in [0.4, 0.5) is 0 Å². The zero-order chi connectivity index (χ0) is 13.3. The SMILES string of the molecule is CCn1nccc1C(O)Cc1c(C)nn(C)c1Cl. The summed E-state index contributed by atoms with van der Waals surface area (Å²) in [5.74, 6) is 0. The summed E-state index contributed by atoms with van der Waals surface area (Å²) in [6.07, 6.45) is 1.53. The van der Waals surface area contributed by atoms with E-state index in [4.69, 9.17) is 11.6 Å². The van der Waals surface area contributed by atoms with Gasteiger partial charge >= 0.3 is 0 Å². The summed E-state index contributed by atoms with van der Waals surface area (Å²) >= 11 is 6.16. The highest BCUT2D eigenvalue weighted by Gasteiger charge is 2.19. The number of aliphatic hydroxyl groups excluding tert-OH is 1. The third-order valence-electron chi connectivity index (χ3n) is 3.06. The molecular formula is C12H17ClN4O. The van der Waals surface area contributed by atoms with Gasteiger partial charge in [0.2, 0.25) is 0 Å². The summed E-state index contributed by atoms with van der Waals surface area (Å²) in [7, 11) is 1.79.